The number of carbonyl (C=O) groups excluding carboxylic acids is 2. The first-order valence-corrected chi connectivity index (χ1v) is 6.95. The molecule has 0 spiro atoms. The van der Waals surface area contributed by atoms with Crippen LogP contribution in [-0.4, -0.2) is 68.4 Å². The highest BCUT2D eigenvalue weighted by atomic mass is 16.5. The van der Waals surface area contributed by atoms with Crippen molar-refractivity contribution in [2.24, 2.45) is 0 Å². The number of hydrogen-bond donors (Lipinski definition) is 1. The lowest BCUT2D eigenvalue weighted by Gasteiger charge is -2.32. The number of methoxy groups -OCH3 is 1. The summed E-state index contributed by atoms with van der Waals surface area (Å²) in [6.45, 7) is 3.89. The molecule has 0 bridgehead atoms. The second-order valence-corrected chi connectivity index (χ2v) is 4.97. The van der Waals surface area contributed by atoms with E-state index in [1.54, 1.807) is 7.11 Å². The molecule has 2 rings (SSSR count). The number of rotatable bonds is 6. The van der Waals surface area contributed by atoms with Crippen LogP contribution in [0.5, 0.6) is 5.75 Å². The molecule has 1 aliphatic rings. The fourth-order valence-electron chi connectivity index (χ4n) is 2.27. The van der Waals surface area contributed by atoms with Gasteiger partial charge in [0, 0.05) is 31.9 Å². The van der Waals surface area contributed by atoms with E-state index < -0.39 is 0 Å². The van der Waals surface area contributed by atoms with Crippen molar-refractivity contribution >= 4 is 17.9 Å². The minimum Gasteiger partial charge on any atom is -0.497 e. The van der Waals surface area contributed by atoms with Crippen molar-refractivity contribution in [2.75, 3.05) is 51.7 Å². The van der Waals surface area contributed by atoms with E-state index in [4.69, 9.17) is 4.74 Å². The first-order chi connectivity index (χ1) is 10.2. The van der Waals surface area contributed by atoms with Gasteiger partial charge < -0.3 is 10.1 Å². The van der Waals surface area contributed by atoms with E-state index in [-0.39, 0.29) is 5.91 Å². The molecule has 6 nitrogen and oxygen atoms in total. The number of amides is 1. The van der Waals surface area contributed by atoms with Gasteiger partial charge in [0.05, 0.1) is 20.2 Å². The van der Waals surface area contributed by atoms with Crippen LogP contribution in [0.4, 0.5) is 5.69 Å². The molecule has 6 heteroatoms. The molecule has 1 aromatic rings. The number of nitrogens with zero attached hydrogens (tertiary/aromatic N) is 2. The van der Waals surface area contributed by atoms with Gasteiger partial charge in [-0.05, 0) is 24.3 Å². The number of nitrogens with one attached hydrogen (secondary N) is 1. The van der Waals surface area contributed by atoms with Gasteiger partial charge >= 0.3 is 0 Å². The molecule has 1 saturated heterocycles. The fraction of sp³-hybridized carbons (Fsp3) is 0.467. The summed E-state index contributed by atoms with van der Waals surface area (Å²) < 4.78 is 5.07. The van der Waals surface area contributed by atoms with Crippen LogP contribution in [0.1, 0.15) is 0 Å². The predicted octanol–water partition coefficient (Wildman–Crippen LogP) is 0.361. The molecule has 1 N–H and O–H groups in total. The van der Waals surface area contributed by atoms with E-state index in [0.717, 1.165) is 37.6 Å². The maximum Gasteiger partial charge on any atom is 0.238 e. The summed E-state index contributed by atoms with van der Waals surface area (Å²) in [7, 11) is 1.61. The van der Waals surface area contributed by atoms with Crippen LogP contribution in [-0.2, 0) is 9.59 Å². The SMILES string of the molecule is COc1ccc(NC(=O)CN2CCN(C[C]=O)CC2)cc1. The third-order valence-corrected chi connectivity index (χ3v) is 3.49. The van der Waals surface area contributed by atoms with Crippen LogP contribution in [0.25, 0.3) is 0 Å². The van der Waals surface area contributed by atoms with E-state index in [1.807, 2.05) is 35.5 Å². The standard InChI is InChI=1S/C15H20N3O3/c1-21-14-4-2-13(3-5-14)16-15(20)12-18-8-6-17(7-9-18)10-11-19/h2-5H,6-10,12H2,1H3,(H,16,20). The first-order valence-electron chi connectivity index (χ1n) is 6.95. The Labute approximate surface area is 124 Å². The van der Waals surface area contributed by atoms with E-state index >= 15 is 0 Å². The van der Waals surface area contributed by atoms with Crippen molar-refractivity contribution in [3.8, 4) is 5.75 Å². The smallest absolute Gasteiger partial charge is 0.238 e. The van der Waals surface area contributed by atoms with Crippen LogP contribution in [0.15, 0.2) is 24.3 Å². The monoisotopic (exact) mass is 290 g/mol. The van der Waals surface area contributed by atoms with E-state index in [9.17, 15) is 9.59 Å². The molecular weight excluding hydrogens is 270 g/mol. The van der Waals surface area contributed by atoms with Gasteiger partial charge in [0.25, 0.3) is 0 Å². The molecule has 0 atom stereocenters. The van der Waals surface area contributed by atoms with Gasteiger partial charge in [0.15, 0.2) is 0 Å². The van der Waals surface area contributed by atoms with Crippen molar-refractivity contribution in [1.29, 1.82) is 0 Å². The molecule has 21 heavy (non-hydrogen) atoms. The zero-order valence-electron chi connectivity index (χ0n) is 12.2. The second-order valence-electron chi connectivity index (χ2n) is 4.97. The van der Waals surface area contributed by atoms with Crippen LogP contribution in [0.2, 0.25) is 0 Å². The van der Waals surface area contributed by atoms with Gasteiger partial charge in [-0.1, -0.05) is 0 Å². The molecule has 1 fully saturated rings. The number of piperazine rings is 1. The molecule has 0 aliphatic carbocycles. The predicted molar refractivity (Wildman–Crippen MR) is 80.2 cm³/mol. The van der Waals surface area contributed by atoms with Gasteiger partial charge in [0.2, 0.25) is 12.2 Å². The molecule has 1 amide bonds. The van der Waals surface area contributed by atoms with Crippen molar-refractivity contribution in [2.45, 2.75) is 0 Å². The lowest BCUT2D eigenvalue weighted by atomic mass is 10.3. The number of anilines is 1. The number of hydrogen-bond acceptors (Lipinski definition) is 5. The van der Waals surface area contributed by atoms with Gasteiger partial charge in [-0.15, -0.1) is 0 Å². The average molecular weight is 290 g/mol. The van der Waals surface area contributed by atoms with Crippen LogP contribution >= 0.6 is 0 Å². The summed E-state index contributed by atoms with van der Waals surface area (Å²) in [5, 5.41) is 2.86. The van der Waals surface area contributed by atoms with Crippen LogP contribution in [0, 0.1) is 0 Å². The maximum atomic E-state index is 12.0. The second kappa shape index (κ2) is 7.75. The molecule has 0 aromatic heterocycles. The van der Waals surface area contributed by atoms with E-state index in [0.29, 0.717) is 13.1 Å². The maximum absolute atomic E-state index is 12.0. The third-order valence-electron chi connectivity index (χ3n) is 3.49. The summed E-state index contributed by atoms with van der Waals surface area (Å²) in [6.07, 6.45) is 1.90. The highest BCUT2D eigenvalue weighted by Crippen LogP contribution is 2.15. The van der Waals surface area contributed by atoms with Gasteiger partial charge in [-0.2, -0.15) is 0 Å². The minimum atomic E-state index is -0.0319. The normalized spacial score (nSPS) is 16.4. The van der Waals surface area contributed by atoms with Crippen LogP contribution in [0.3, 0.4) is 0 Å². The average Bonchev–Trinajstić information content (AvgIpc) is 2.50. The quantitative estimate of drug-likeness (QED) is 0.820. The van der Waals surface area contributed by atoms with Gasteiger partial charge in [0.1, 0.15) is 5.75 Å². The molecule has 0 saturated carbocycles. The zero-order chi connectivity index (χ0) is 15.1. The van der Waals surface area contributed by atoms with Crippen LogP contribution < -0.4 is 10.1 Å². The lowest BCUT2D eigenvalue weighted by molar-refractivity contribution is -0.117. The number of carbonyl (C=O) groups is 1. The highest BCUT2D eigenvalue weighted by Gasteiger charge is 2.18. The molecule has 1 radical (unpaired) electrons. The Balaban J connectivity index is 1.75. The summed E-state index contributed by atoms with van der Waals surface area (Å²) >= 11 is 0. The largest absolute Gasteiger partial charge is 0.497 e. The van der Waals surface area contributed by atoms with Crippen molar-refractivity contribution in [3.63, 3.8) is 0 Å². The zero-order valence-corrected chi connectivity index (χ0v) is 12.2. The summed E-state index contributed by atoms with van der Waals surface area (Å²) in [6, 6.07) is 7.25. The Morgan fingerprint density at radius 2 is 1.81 bits per heavy atom. The Morgan fingerprint density at radius 1 is 1.19 bits per heavy atom. The lowest BCUT2D eigenvalue weighted by Crippen LogP contribution is -2.48. The van der Waals surface area contributed by atoms with Crippen molar-refractivity contribution in [1.82, 2.24) is 9.80 Å². The van der Waals surface area contributed by atoms with E-state index in [2.05, 4.69) is 10.2 Å². The highest BCUT2D eigenvalue weighted by molar-refractivity contribution is 5.92. The Morgan fingerprint density at radius 3 is 2.38 bits per heavy atom. The molecule has 1 aromatic carbocycles. The fourth-order valence-corrected chi connectivity index (χ4v) is 2.27. The number of ether oxygens (including phenoxy) is 1. The van der Waals surface area contributed by atoms with Crippen molar-refractivity contribution in [3.05, 3.63) is 24.3 Å². The minimum absolute atomic E-state index is 0.0319. The molecular formula is C15H20N3O3. The Hall–Kier alpha value is -1.92. The Kier molecular flexibility index (Phi) is 5.71. The van der Waals surface area contributed by atoms with Gasteiger partial charge in [-0.3, -0.25) is 19.4 Å². The van der Waals surface area contributed by atoms with Gasteiger partial charge in [-0.25, -0.2) is 0 Å². The molecule has 1 aliphatic heterocycles. The van der Waals surface area contributed by atoms with Crippen molar-refractivity contribution < 1.29 is 14.3 Å². The first kappa shape index (κ1) is 15.5. The molecule has 1 heterocycles. The molecule has 113 valence electrons. The summed E-state index contributed by atoms with van der Waals surface area (Å²) in [4.78, 5) is 26.4. The topological polar surface area (TPSA) is 61.9 Å². The Bertz CT molecular complexity index is 468. The van der Waals surface area contributed by atoms with E-state index in [1.165, 1.54) is 0 Å². The molecule has 0 unspecified atom stereocenters. The summed E-state index contributed by atoms with van der Waals surface area (Å²) in [5.41, 5.74) is 0.759. The third kappa shape index (κ3) is 4.84. The number of benzene rings is 1. The summed E-state index contributed by atoms with van der Waals surface area (Å²) in [5.74, 6) is 0.728.